The molecule has 0 aliphatic carbocycles. The van der Waals surface area contributed by atoms with Gasteiger partial charge in [-0.15, -0.1) is 0 Å². The maximum atomic E-state index is 13.7. The minimum Gasteiger partial charge on any atom is -0.273 e. The van der Waals surface area contributed by atoms with Gasteiger partial charge in [0.25, 0.3) is 17.7 Å². The maximum absolute atomic E-state index is 13.7. The average molecular weight is 361 g/mol. The third kappa shape index (κ3) is 2.01. The standard InChI is InChI=1S/C21H19N3O3/c1-21(24-18(25)15-8-3-4-9-16(15)19(24)26)17-10-5-2-7-14(17)13-22-11-6-12-23(22)20(21)27/h2-5,7-10H,6,11-13H2,1H3. The molecule has 1 atom stereocenters. The fraction of sp³-hybridized carbons (Fsp3) is 0.286. The Hall–Kier alpha value is -2.99. The lowest BCUT2D eigenvalue weighted by molar-refractivity contribution is -0.153. The number of imide groups is 1. The summed E-state index contributed by atoms with van der Waals surface area (Å²) in [6.07, 6.45) is 0.881. The van der Waals surface area contributed by atoms with Crippen LogP contribution in [0.3, 0.4) is 0 Å². The van der Waals surface area contributed by atoms with E-state index in [1.807, 2.05) is 29.3 Å². The number of amides is 3. The number of hydrazine groups is 1. The molecule has 0 spiro atoms. The molecular weight excluding hydrogens is 342 g/mol. The van der Waals surface area contributed by atoms with Gasteiger partial charge in [-0.05, 0) is 36.6 Å². The first-order valence-corrected chi connectivity index (χ1v) is 9.16. The highest BCUT2D eigenvalue weighted by Gasteiger charge is 2.56. The molecule has 3 amide bonds. The molecule has 2 aromatic carbocycles. The number of carbonyl (C=O) groups is 3. The Morgan fingerprint density at radius 3 is 2.19 bits per heavy atom. The van der Waals surface area contributed by atoms with Crippen molar-refractivity contribution in [2.45, 2.75) is 25.4 Å². The van der Waals surface area contributed by atoms with E-state index in [2.05, 4.69) is 0 Å². The molecule has 0 N–H and O–H groups in total. The zero-order valence-electron chi connectivity index (χ0n) is 15.0. The summed E-state index contributed by atoms with van der Waals surface area (Å²) >= 11 is 0. The first kappa shape index (κ1) is 16.2. The lowest BCUT2D eigenvalue weighted by Gasteiger charge is -2.38. The molecular formula is C21H19N3O3. The Morgan fingerprint density at radius 1 is 0.852 bits per heavy atom. The van der Waals surface area contributed by atoms with Crippen molar-refractivity contribution in [2.24, 2.45) is 0 Å². The van der Waals surface area contributed by atoms with Crippen molar-refractivity contribution in [3.05, 3.63) is 70.8 Å². The second-order valence-corrected chi connectivity index (χ2v) is 7.39. The Balaban J connectivity index is 1.73. The van der Waals surface area contributed by atoms with Gasteiger partial charge in [-0.1, -0.05) is 36.4 Å². The summed E-state index contributed by atoms with van der Waals surface area (Å²) in [7, 11) is 0. The lowest BCUT2D eigenvalue weighted by atomic mass is 9.85. The average Bonchev–Trinajstić information content (AvgIpc) is 3.22. The zero-order chi connectivity index (χ0) is 18.8. The Bertz CT molecular complexity index is 967. The number of carbonyl (C=O) groups excluding carboxylic acids is 3. The Labute approximate surface area is 156 Å². The second kappa shape index (κ2) is 5.50. The second-order valence-electron chi connectivity index (χ2n) is 7.39. The minimum atomic E-state index is -1.37. The molecule has 136 valence electrons. The molecule has 2 aromatic rings. The SMILES string of the molecule is CC1(N2C(=O)c3ccccc3C2=O)C(=O)N2CCCN2Cc2ccccc21. The van der Waals surface area contributed by atoms with Crippen molar-refractivity contribution in [3.63, 3.8) is 0 Å². The van der Waals surface area contributed by atoms with Crippen molar-refractivity contribution in [1.82, 2.24) is 14.9 Å². The fourth-order valence-electron chi connectivity index (χ4n) is 4.57. The highest BCUT2D eigenvalue weighted by atomic mass is 16.2. The largest absolute Gasteiger partial charge is 0.273 e. The molecule has 6 heteroatoms. The molecule has 3 aliphatic rings. The fourth-order valence-corrected chi connectivity index (χ4v) is 4.57. The lowest BCUT2D eigenvalue weighted by Crippen LogP contribution is -2.58. The van der Waals surface area contributed by atoms with E-state index in [-0.39, 0.29) is 5.91 Å². The van der Waals surface area contributed by atoms with Gasteiger partial charge in [0.2, 0.25) is 0 Å². The molecule has 6 nitrogen and oxygen atoms in total. The van der Waals surface area contributed by atoms with Crippen LogP contribution >= 0.6 is 0 Å². The molecule has 3 heterocycles. The summed E-state index contributed by atoms with van der Waals surface area (Å²) in [6, 6.07) is 14.4. The van der Waals surface area contributed by atoms with Gasteiger partial charge in [-0.2, -0.15) is 0 Å². The molecule has 1 unspecified atom stereocenters. The van der Waals surface area contributed by atoms with Crippen LogP contribution in [0.5, 0.6) is 0 Å². The third-order valence-electron chi connectivity index (χ3n) is 5.91. The van der Waals surface area contributed by atoms with Crippen molar-refractivity contribution in [1.29, 1.82) is 0 Å². The molecule has 3 aliphatic heterocycles. The predicted molar refractivity (Wildman–Crippen MR) is 97.5 cm³/mol. The number of benzene rings is 2. The molecule has 1 saturated heterocycles. The summed E-state index contributed by atoms with van der Waals surface area (Å²) in [5.74, 6) is -1.04. The summed E-state index contributed by atoms with van der Waals surface area (Å²) in [6.45, 7) is 3.70. The van der Waals surface area contributed by atoms with Crippen LogP contribution in [0.15, 0.2) is 48.5 Å². The Kier molecular flexibility index (Phi) is 3.30. The van der Waals surface area contributed by atoms with Gasteiger partial charge >= 0.3 is 0 Å². The predicted octanol–water partition coefficient (Wildman–Crippen LogP) is 2.16. The van der Waals surface area contributed by atoms with Crippen LogP contribution in [0.2, 0.25) is 0 Å². The zero-order valence-corrected chi connectivity index (χ0v) is 15.0. The van der Waals surface area contributed by atoms with Crippen molar-refractivity contribution < 1.29 is 14.4 Å². The van der Waals surface area contributed by atoms with Crippen LogP contribution in [-0.2, 0) is 16.9 Å². The smallest absolute Gasteiger partial charge is 0.267 e. The number of hydrogen-bond acceptors (Lipinski definition) is 4. The topological polar surface area (TPSA) is 60.9 Å². The summed E-state index contributed by atoms with van der Waals surface area (Å²) in [4.78, 5) is 41.2. The van der Waals surface area contributed by atoms with Crippen LogP contribution < -0.4 is 0 Å². The minimum absolute atomic E-state index is 0.223. The van der Waals surface area contributed by atoms with E-state index >= 15 is 0 Å². The van der Waals surface area contributed by atoms with Crippen LogP contribution in [0.25, 0.3) is 0 Å². The van der Waals surface area contributed by atoms with Crippen LogP contribution in [0.4, 0.5) is 0 Å². The summed E-state index contributed by atoms with van der Waals surface area (Å²) in [5, 5.41) is 3.73. The quantitative estimate of drug-likeness (QED) is 0.731. The molecule has 1 fully saturated rings. The molecule has 0 bridgehead atoms. The summed E-state index contributed by atoms with van der Waals surface area (Å²) < 4.78 is 0. The number of hydrogen-bond donors (Lipinski definition) is 0. The highest BCUT2D eigenvalue weighted by molar-refractivity contribution is 6.23. The monoisotopic (exact) mass is 361 g/mol. The first-order valence-electron chi connectivity index (χ1n) is 9.16. The van der Waals surface area contributed by atoms with E-state index < -0.39 is 17.4 Å². The van der Waals surface area contributed by atoms with Gasteiger partial charge in [0.15, 0.2) is 5.54 Å². The van der Waals surface area contributed by atoms with E-state index in [1.165, 1.54) is 4.90 Å². The van der Waals surface area contributed by atoms with Crippen LogP contribution in [0, 0.1) is 0 Å². The maximum Gasteiger partial charge on any atom is 0.267 e. The van der Waals surface area contributed by atoms with Gasteiger partial charge < -0.3 is 0 Å². The van der Waals surface area contributed by atoms with Crippen molar-refractivity contribution in [2.75, 3.05) is 13.1 Å². The van der Waals surface area contributed by atoms with E-state index in [0.717, 1.165) is 24.1 Å². The van der Waals surface area contributed by atoms with Crippen LogP contribution in [0.1, 0.15) is 45.2 Å². The van der Waals surface area contributed by atoms with Gasteiger partial charge in [0, 0.05) is 19.6 Å². The molecule has 27 heavy (non-hydrogen) atoms. The molecule has 5 rings (SSSR count). The third-order valence-corrected chi connectivity index (χ3v) is 5.91. The van der Waals surface area contributed by atoms with E-state index in [4.69, 9.17) is 0 Å². The first-order chi connectivity index (χ1) is 13.0. The Morgan fingerprint density at radius 2 is 1.48 bits per heavy atom. The summed E-state index contributed by atoms with van der Waals surface area (Å²) in [5.41, 5.74) is 1.03. The highest BCUT2D eigenvalue weighted by Crippen LogP contribution is 2.42. The van der Waals surface area contributed by atoms with E-state index in [0.29, 0.717) is 24.2 Å². The van der Waals surface area contributed by atoms with E-state index in [1.54, 1.807) is 36.2 Å². The number of rotatable bonds is 1. The van der Waals surface area contributed by atoms with Gasteiger partial charge in [0.05, 0.1) is 11.1 Å². The number of fused-ring (bicyclic) bond motifs is 3. The normalized spacial score (nSPS) is 24.7. The number of nitrogens with zero attached hydrogens (tertiary/aromatic N) is 3. The van der Waals surface area contributed by atoms with Crippen molar-refractivity contribution >= 4 is 17.7 Å². The van der Waals surface area contributed by atoms with Gasteiger partial charge in [0.1, 0.15) is 0 Å². The molecule has 0 radical (unpaired) electrons. The van der Waals surface area contributed by atoms with Crippen LogP contribution in [-0.4, -0.2) is 45.7 Å². The molecule has 0 saturated carbocycles. The van der Waals surface area contributed by atoms with Gasteiger partial charge in [-0.3, -0.25) is 24.3 Å². The molecule has 0 aromatic heterocycles. The van der Waals surface area contributed by atoms with Gasteiger partial charge in [-0.25, -0.2) is 5.01 Å². The van der Waals surface area contributed by atoms with Crippen molar-refractivity contribution in [3.8, 4) is 0 Å². The van der Waals surface area contributed by atoms with E-state index in [9.17, 15) is 14.4 Å².